The summed E-state index contributed by atoms with van der Waals surface area (Å²) in [4.78, 5) is 36.9. The third-order valence-corrected chi connectivity index (χ3v) is 4.38. The highest BCUT2D eigenvalue weighted by atomic mass is 16.4. The number of rotatable bonds is 5. The summed E-state index contributed by atoms with van der Waals surface area (Å²) in [6, 6.07) is 14.6. The van der Waals surface area contributed by atoms with Crippen LogP contribution in [-0.2, 0) is 20.8 Å². The normalized spacial score (nSPS) is 17.3. The fourth-order valence-electron chi connectivity index (χ4n) is 3.07. The first-order valence-corrected chi connectivity index (χ1v) is 8.35. The molecule has 0 spiro atoms. The van der Waals surface area contributed by atoms with Crippen LogP contribution in [0.3, 0.4) is 0 Å². The molecule has 0 bridgehead atoms. The maximum absolute atomic E-state index is 12.7. The zero-order valence-electron chi connectivity index (χ0n) is 14.3. The fourth-order valence-corrected chi connectivity index (χ4v) is 3.07. The molecule has 0 aromatic heterocycles. The number of imide groups is 1. The van der Waals surface area contributed by atoms with E-state index in [1.807, 2.05) is 31.2 Å². The quantitative estimate of drug-likeness (QED) is 0.611. The van der Waals surface area contributed by atoms with Crippen molar-refractivity contribution in [2.75, 3.05) is 4.90 Å². The summed E-state index contributed by atoms with van der Waals surface area (Å²) in [6.45, 7) is 2.00. The molecule has 132 valence electrons. The van der Waals surface area contributed by atoms with Gasteiger partial charge >= 0.3 is 0 Å². The number of anilines is 1. The van der Waals surface area contributed by atoms with Crippen LogP contribution in [0.5, 0.6) is 0 Å². The Labute approximate surface area is 151 Å². The van der Waals surface area contributed by atoms with Gasteiger partial charge in [0.25, 0.3) is 0 Å². The van der Waals surface area contributed by atoms with Crippen molar-refractivity contribution in [1.82, 2.24) is 0 Å². The molecule has 2 aromatic rings. The minimum Gasteiger partial charge on any atom is -0.545 e. The number of hydrogen-bond acceptors (Lipinski definition) is 4. The van der Waals surface area contributed by atoms with Gasteiger partial charge in [0.15, 0.2) is 0 Å². The molecule has 5 nitrogen and oxygen atoms in total. The van der Waals surface area contributed by atoms with Crippen molar-refractivity contribution in [2.45, 2.75) is 19.8 Å². The summed E-state index contributed by atoms with van der Waals surface area (Å²) in [5.74, 6) is -2.15. The summed E-state index contributed by atoms with van der Waals surface area (Å²) >= 11 is 0. The van der Waals surface area contributed by atoms with Gasteiger partial charge in [0.1, 0.15) is 0 Å². The van der Waals surface area contributed by atoms with Gasteiger partial charge in [0.2, 0.25) is 11.8 Å². The summed E-state index contributed by atoms with van der Waals surface area (Å²) in [7, 11) is 0. The van der Waals surface area contributed by atoms with Crippen molar-refractivity contribution in [3.8, 4) is 0 Å². The Morgan fingerprint density at radius 3 is 2.62 bits per heavy atom. The molecule has 0 aliphatic carbocycles. The second-order valence-electron chi connectivity index (χ2n) is 6.41. The number of carbonyl (C=O) groups is 3. The van der Waals surface area contributed by atoms with Crippen molar-refractivity contribution >= 4 is 29.5 Å². The van der Waals surface area contributed by atoms with Crippen LogP contribution >= 0.6 is 0 Å². The van der Waals surface area contributed by atoms with E-state index in [1.54, 1.807) is 24.3 Å². The van der Waals surface area contributed by atoms with Crippen LogP contribution in [0.2, 0.25) is 0 Å². The van der Waals surface area contributed by atoms with Crippen LogP contribution in [0, 0.1) is 12.8 Å². The second-order valence-corrected chi connectivity index (χ2v) is 6.41. The van der Waals surface area contributed by atoms with E-state index in [1.165, 1.54) is 11.0 Å². The third kappa shape index (κ3) is 3.88. The van der Waals surface area contributed by atoms with Gasteiger partial charge < -0.3 is 9.90 Å². The van der Waals surface area contributed by atoms with E-state index in [-0.39, 0.29) is 24.2 Å². The Hall–Kier alpha value is -3.21. The van der Waals surface area contributed by atoms with E-state index < -0.39 is 5.97 Å². The Kier molecular flexibility index (Phi) is 4.98. The summed E-state index contributed by atoms with van der Waals surface area (Å²) in [5, 5.41) is 10.5. The van der Waals surface area contributed by atoms with Gasteiger partial charge in [0.05, 0.1) is 17.6 Å². The number of carbonyl (C=O) groups excluding carboxylic acids is 3. The molecule has 3 rings (SSSR count). The van der Waals surface area contributed by atoms with Crippen LogP contribution < -0.4 is 10.0 Å². The molecule has 1 saturated heterocycles. The summed E-state index contributed by atoms with van der Waals surface area (Å²) in [5.41, 5.74) is 3.20. The maximum atomic E-state index is 12.7. The highest BCUT2D eigenvalue weighted by Crippen LogP contribution is 2.29. The van der Waals surface area contributed by atoms with Crippen LogP contribution in [0.25, 0.3) is 6.08 Å². The third-order valence-electron chi connectivity index (χ3n) is 4.38. The maximum Gasteiger partial charge on any atom is 0.237 e. The lowest BCUT2D eigenvalue weighted by Crippen LogP contribution is -2.30. The molecule has 0 radical (unpaired) electrons. The highest BCUT2D eigenvalue weighted by molar-refractivity contribution is 6.21. The molecular formula is C21H18NO4-. The molecule has 0 unspecified atom stereocenters. The Bertz CT molecular complexity index is 883. The number of amides is 2. The molecule has 2 aromatic carbocycles. The Balaban J connectivity index is 1.79. The number of carboxylic acids is 1. The van der Waals surface area contributed by atoms with Gasteiger partial charge in [-0.3, -0.25) is 14.5 Å². The van der Waals surface area contributed by atoms with E-state index in [0.29, 0.717) is 17.7 Å². The predicted molar refractivity (Wildman–Crippen MR) is 96.0 cm³/mol. The largest absolute Gasteiger partial charge is 0.545 e. The number of nitrogens with zero attached hydrogens (tertiary/aromatic N) is 1. The minimum atomic E-state index is -1.30. The van der Waals surface area contributed by atoms with Crippen molar-refractivity contribution in [2.24, 2.45) is 5.92 Å². The van der Waals surface area contributed by atoms with E-state index in [0.717, 1.165) is 17.2 Å². The van der Waals surface area contributed by atoms with Gasteiger partial charge in [-0.05, 0) is 42.7 Å². The first kappa shape index (κ1) is 17.6. The molecular weight excluding hydrogens is 330 g/mol. The van der Waals surface area contributed by atoms with Gasteiger partial charge in [-0.25, -0.2) is 0 Å². The van der Waals surface area contributed by atoms with Crippen molar-refractivity contribution < 1.29 is 19.5 Å². The fraction of sp³-hybridized carbons (Fsp3) is 0.190. The van der Waals surface area contributed by atoms with Crippen molar-refractivity contribution in [3.05, 3.63) is 71.3 Å². The first-order valence-electron chi connectivity index (χ1n) is 8.35. The molecule has 1 aliphatic heterocycles. The van der Waals surface area contributed by atoms with Gasteiger partial charge in [0, 0.05) is 6.42 Å². The molecule has 1 atom stereocenters. The van der Waals surface area contributed by atoms with Crippen LogP contribution in [-0.4, -0.2) is 17.8 Å². The monoisotopic (exact) mass is 348 g/mol. The van der Waals surface area contributed by atoms with Crippen molar-refractivity contribution in [1.29, 1.82) is 0 Å². The van der Waals surface area contributed by atoms with Crippen LogP contribution in [0.15, 0.2) is 54.6 Å². The number of hydrogen-bond donors (Lipinski definition) is 0. The number of carboxylic acid groups (broad SMARTS) is 1. The molecule has 0 N–H and O–H groups in total. The first-order chi connectivity index (χ1) is 12.4. The molecule has 2 amide bonds. The average Bonchev–Trinajstić information content (AvgIpc) is 2.89. The average molecular weight is 348 g/mol. The second kappa shape index (κ2) is 7.35. The molecule has 26 heavy (non-hydrogen) atoms. The van der Waals surface area contributed by atoms with E-state index in [4.69, 9.17) is 0 Å². The lowest BCUT2D eigenvalue weighted by molar-refractivity contribution is -0.297. The predicted octanol–water partition coefficient (Wildman–Crippen LogP) is 1.88. The smallest absolute Gasteiger partial charge is 0.237 e. The van der Waals surface area contributed by atoms with Gasteiger partial charge in [-0.1, -0.05) is 48.0 Å². The van der Waals surface area contributed by atoms with Gasteiger partial charge in [-0.15, -0.1) is 0 Å². The van der Waals surface area contributed by atoms with E-state index in [9.17, 15) is 19.5 Å². The Morgan fingerprint density at radius 1 is 1.19 bits per heavy atom. The standard InChI is InChI=1S/C21H19NO4/c1-14-5-7-16(8-6-14)11-17-13-19(23)22(21(17)26)18-4-2-3-15(12-18)9-10-20(24)25/h2-10,12,17H,11,13H2,1H3,(H,24,25)/p-1/b10-9+/t17-/m0/s1. The zero-order valence-corrected chi connectivity index (χ0v) is 14.3. The summed E-state index contributed by atoms with van der Waals surface area (Å²) in [6.07, 6.45) is 2.97. The summed E-state index contributed by atoms with van der Waals surface area (Å²) < 4.78 is 0. The number of benzene rings is 2. The molecule has 1 aliphatic rings. The lowest BCUT2D eigenvalue weighted by atomic mass is 9.97. The number of aryl methyl sites for hydroxylation is 1. The zero-order chi connectivity index (χ0) is 18.7. The molecule has 1 heterocycles. The van der Waals surface area contributed by atoms with Crippen LogP contribution in [0.4, 0.5) is 5.69 Å². The Morgan fingerprint density at radius 2 is 1.92 bits per heavy atom. The van der Waals surface area contributed by atoms with Gasteiger partial charge in [-0.2, -0.15) is 0 Å². The SMILES string of the molecule is Cc1ccc(C[C@H]2CC(=O)N(c3cccc(/C=C/C(=O)[O-])c3)C2=O)cc1. The molecule has 0 saturated carbocycles. The highest BCUT2D eigenvalue weighted by Gasteiger charge is 2.39. The lowest BCUT2D eigenvalue weighted by Gasteiger charge is -2.16. The topological polar surface area (TPSA) is 77.5 Å². The molecule has 5 heteroatoms. The van der Waals surface area contributed by atoms with E-state index in [2.05, 4.69) is 0 Å². The van der Waals surface area contributed by atoms with E-state index >= 15 is 0 Å². The van der Waals surface area contributed by atoms with Crippen LogP contribution in [0.1, 0.15) is 23.1 Å². The molecule has 1 fully saturated rings. The number of aliphatic carboxylic acids is 1. The minimum absolute atomic E-state index is 0.172. The van der Waals surface area contributed by atoms with Crippen molar-refractivity contribution in [3.63, 3.8) is 0 Å².